The molecule has 1 fully saturated rings. The molecule has 38 heavy (non-hydrogen) atoms. The van der Waals surface area contributed by atoms with Crippen molar-refractivity contribution < 1.29 is 27.1 Å². The first kappa shape index (κ1) is 26.0. The lowest BCUT2D eigenvalue weighted by Gasteiger charge is -2.33. The maximum atomic E-state index is 13.0. The predicted molar refractivity (Wildman–Crippen MR) is 139 cm³/mol. The molecule has 1 aromatic heterocycles. The van der Waals surface area contributed by atoms with Gasteiger partial charge in [-0.25, -0.2) is 22.2 Å². The molecule has 0 atom stereocenters. The molecule has 200 valence electrons. The molecule has 2 aromatic carbocycles. The molecule has 0 saturated carbocycles. The Morgan fingerprint density at radius 2 is 1.74 bits per heavy atom. The first-order valence-electron chi connectivity index (χ1n) is 12.5. The van der Waals surface area contributed by atoms with Crippen molar-refractivity contribution in [1.82, 2.24) is 9.97 Å². The van der Waals surface area contributed by atoms with E-state index in [1.807, 2.05) is 4.90 Å². The molecule has 2 aliphatic rings. The second-order valence-corrected chi connectivity index (χ2v) is 11.7. The topological polar surface area (TPSA) is 112 Å². The Labute approximate surface area is 219 Å². The zero-order chi connectivity index (χ0) is 26.9. The van der Waals surface area contributed by atoms with Crippen LogP contribution >= 0.6 is 0 Å². The molecule has 11 heteroatoms. The van der Waals surface area contributed by atoms with E-state index in [1.165, 1.54) is 12.1 Å². The van der Waals surface area contributed by atoms with Gasteiger partial charge >= 0.3 is 5.97 Å². The molecule has 0 amide bonds. The second kappa shape index (κ2) is 10.6. The second-order valence-electron chi connectivity index (χ2n) is 9.69. The summed E-state index contributed by atoms with van der Waals surface area (Å²) < 4.78 is 51.7. The number of carboxylic acids is 1. The highest BCUT2D eigenvalue weighted by atomic mass is 32.2. The maximum Gasteiger partial charge on any atom is 0.307 e. The normalized spacial score (nSPS) is 17.3. The maximum absolute atomic E-state index is 13.0. The Hall–Kier alpha value is -3.60. The number of benzene rings is 2. The third-order valence-corrected chi connectivity index (χ3v) is 8.95. The Morgan fingerprint density at radius 3 is 2.37 bits per heavy atom. The van der Waals surface area contributed by atoms with Crippen LogP contribution < -0.4 is 10.2 Å². The quantitative estimate of drug-likeness (QED) is 0.434. The number of sulfone groups is 1. The van der Waals surface area contributed by atoms with E-state index in [-0.39, 0.29) is 34.4 Å². The Bertz CT molecular complexity index is 1420. The van der Waals surface area contributed by atoms with Crippen molar-refractivity contribution in [3.05, 3.63) is 70.9 Å². The van der Waals surface area contributed by atoms with Crippen LogP contribution in [0.1, 0.15) is 54.0 Å². The molecule has 5 rings (SSSR count). The van der Waals surface area contributed by atoms with Crippen LogP contribution in [0.2, 0.25) is 0 Å². The highest BCUT2D eigenvalue weighted by Gasteiger charge is 2.32. The zero-order valence-electron chi connectivity index (χ0n) is 20.6. The highest BCUT2D eigenvalue weighted by Crippen LogP contribution is 2.35. The fraction of sp³-hybridized carbons (Fsp3) is 0.370. The van der Waals surface area contributed by atoms with Gasteiger partial charge in [-0.2, -0.15) is 4.98 Å². The number of piperidine rings is 1. The van der Waals surface area contributed by atoms with Gasteiger partial charge in [-0.3, -0.25) is 4.79 Å². The standard InChI is InChI=1S/C27H28F2N4O4S/c28-25(29)20-7-5-18(6-8-20)19-11-13-33(14-12-19)27-31-22-2-1-15-38(36,37)24(22)26(32-27)30-21-9-3-17(4-10-21)16-23(34)35/h3-10,19,25H,1-2,11-16H2,(H,34,35)(H,30,31,32). The number of aliphatic carboxylic acids is 1. The molecule has 2 N–H and O–H groups in total. The van der Waals surface area contributed by atoms with Crippen molar-refractivity contribution >= 4 is 33.3 Å². The van der Waals surface area contributed by atoms with Crippen molar-refractivity contribution in [2.75, 3.05) is 29.1 Å². The molecule has 2 aliphatic heterocycles. The lowest BCUT2D eigenvalue weighted by Crippen LogP contribution is -2.35. The van der Waals surface area contributed by atoms with Gasteiger partial charge in [0.25, 0.3) is 6.43 Å². The minimum absolute atomic E-state index is 0.0140. The molecule has 0 radical (unpaired) electrons. The Morgan fingerprint density at radius 1 is 1.05 bits per heavy atom. The number of hydrogen-bond acceptors (Lipinski definition) is 7. The molecule has 1 saturated heterocycles. The molecular weight excluding hydrogens is 514 g/mol. The summed E-state index contributed by atoms with van der Waals surface area (Å²) >= 11 is 0. The largest absolute Gasteiger partial charge is 0.481 e. The first-order valence-corrected chi connectivity index (χ1v) is 14.2. The van der Waals surface area contributed by atoms with E-state index >= 15 is 0 Å². The minimum Gasteiger partial charge on any atom is -0.481 e. The highest BCUT2D eigenvalue weighted by molar-refractivity contribution is 7.91. The fourth-order valence-corrected chi connectivity index (χ4v) is 6.71. The number of aromatic nitrogens is 2. The number of carbonyl (C=O) groups is 1. The van der Waals surface area contributed by atoms with E-state index in [0.29, 0.717) is 48.8 Å². The number of hydrogen-bond donors (Lipinski definition) is 2. The average Bonchev–Trinajstić information content (AvgIpc) is 2.89. The number of anilines is 3. The van der Waals surface area contributed by atoms with Gasteiger partial charge in [0.2, 0.25) is 5.95 Å². The van der Waals surface area contributed by atoms with Crippen LogP contribution in [-0.2, 0) is 27.5 Å². The Kier molecular flexibility index (Phi) is 7.29. The molecule has 0 unspecified atom stereocenters. The Balaban J connectivity index is 1.38. The lowest BCUT2D eigenvalue weighted by molar-refractivity contribution is -0.136. The fourth-order valence-electron chi connectivity index (χ4n) is 5.08. The van der Waals surface area contributed by atoms with E-state index < -0.39 is 22.2 Å². The van der Waals surface area contributed by atoms with Gasteiger partial charge in [-0.1, -0.05) is 36.4 Å². The van der Waals surface area contributed by atoms with E-state index in [4.69, 9.17) is 5.11 Å². The van der Waals surface area contributed by atoms with Crippen LogP contribution in [0, 0.1) is 0 Å². The van der Waals surface area contributed by atoms with Gasteiger partial charge in [0.05, 0.1) is 17.9 Å². The van der Waals surface area contributed by atoms with E-state index in [9.17, 15) is 22.0 Å². The smallest absolute Gasteiger partial charge is 0.307 e. The summed E-state index contributed by atoms with van der Waals surface area (Å²) in [6, 6.07) is 13.3. The molecule has 3 heterocycles. The summed E-state index contributed by atoms with van der Waals surface area (Å²) in [5, 5.41) is 12.1. The number of alkyl halides is 2. The molecule has 0 bridgehead atoms. The number of nitrogens with zero attached hydrogens (tertiary/aromatic N) is 3. The van der Waals surface area contributed by atoms with Crippen molar-refractivity contribution in [1.29, 1.82) is 0 Å². The third kappa shape index (κ3) is 5.62. The van der Waals surface area contributed by atoms with Gasteiger partial charge < -0.3 is 15.3 Å². The average molecular weight is 543 g/mol. The minimum atomic E-state index is -3.56. The van der Waals surface area contributed by atoms with Crippen LogP contribution in [0.5, 0.6) is 0 Å². The van der Waals surface area contributed by atoms with Crippen LogP contribution in [0.4, 0.5) is 26.2 Å². The van der Waals surface area contributed by atoms with E-state index in [0.717, 1.165) is 18.4 Å². The SMILES string of the molecule is O=C(O)Cc1ccc(Nc2nc(N3CCC(c4ccc(C(F)F)cc4)CC3)nc3c2S(=O)(=O)CCC3)cc1. The van der Waals surface area contributed by atoms with Crippen LogP contribution in [-0.4, -0.2) is 48.3 Å². The zero-order valence-corrected chi connectivity index (χ0v) is 21.4. The van der Waals surface area contributed by atoms with E-state index in [2.05, 4.69) is 15.3 Å². The third-order valence-electron chi connectivity index (χ3n) is 7.07. The van der Waals surface area contributed by atoms with Gasteiger partial charge in [-0.05, 0) is 54.9 Å². The van der Waals surface area contributed by atoms with Crippen molar-refractivity contribution in [2.24, 2.45) is 0 Å². The van der Waals surface area contributed by atoms with Crippen LogP contribution in [0.15, 0.2) is 53.4 Å². The molecule has 8 nitrogen and oxygen atoms in total. The summed E-state index contributed by atoms with van der Waals surface area (Å²) in [7, 11) is -3.56. The summed E-state index contributed by atoms with van der Waals surface area (Å²) in [6.45, 7) is 1.30. The number of rotatable bonds is 7. The monoisotopic (exact) mass is 542 g/mol. The van der Waals surface area contributed by atoms with Gasteiger partial charge in [-0.15, -0.1) is 0 Å². The predicted octanol–water partition coefficient (Wildman–Crippen LogP) is 4.89. The molecule has 3 aromatic rings. The summed E-state index contributed by atoms with van der Waals surface area (Å²) in [5.41, 5.74) is 2.77. The summed E-state index contributed by atoms with van der Waals surface area (Å²) in [5.74, 6) is 0.0147. The summed E-state index contributed by atoms with van der Waals surface area (Å²) in [4.78, 5) is 22.4. The number of halogens is 2. The molecular formula is C27H28F2N4O4S. The molecule has 0 spiro atoms. The summed E-state index contributed by atoms with van der Waals surface area (Å²) in [6.07, 6.45) is 0.0193. The van der Waals surface area contributed by atoms with Crippen LogP contribution in [0.25, 0.3) is 0 Å². The van der Waals surface area contributed by atoms with Crippen molar-refractivity contribution in [2.45, 2.75) is 49.3 Å². The lowest BCUT2D eigenvalue weighted by atomic mass is 9.89. The van der Waals surface area contributed by atoms with Crippen molar-refractivity contribution in [3.63, 3.8) is 0 Å². The van der Waals surface area contributed by atoms with Crippen LogP contribution in [0.3, 0.4) is 0 Å². The van der Waals surface area contributed by atoms with Crippen molar-refractivity contribution in [3.8, 4) is 0 Å². The van der Waals surface area contributed by atoms with Gasteiger partial charge in [0.1, 0.15) is 4.90 Å². The number of nitrogens with one attached hydrogen (secondary N) is 1. The van der Waals surface area contributed by atoms with Gasteiger partial charge in [0.15, 0.2) is 15.7 Å². The number of carboxylic acid groups (broad SMARTS) is 1. The number of fused-ring (bicyclic) bond motifs is 1. The van der Waals surface area contributed by atoms with Gasteiger partial charge in [0, 0.05) is 24.3 Å². The molecule has 0 aliphatic carbocycles. The number of aryl methyl sites for hydroxylation is 1. The first-order chi connectivity index (χ1) is 18.2. The van der Waals surface area contributed by atoms with E-state index in [1.54, 1.807) is 36.4 Å².